The molecule has 0 saturated carbocycles. The zero-order valence-electron chi connectivity index (χ0n) is 10.6. The van der Waals surface area contributed by atoms with Gasteiger partial charge in [-0.1, -0.05) is 41.4 Å². The van der Waals surface area contributed by atoms with E-state index < -0.39 is 0 Å². The van der Waals surface area contributed by atoms with E-state index in [9.17, 15) is 0 Å². The largest absolute Gasteiger partial charge is 0.489 e. The van der Waals surface area contributed by atoms with Gasteiger partial charge in [0, 0.05) is 5.56 Å². The van der Waals surface area contributed by atoms with E-state index in [0.29, 0.717) is 22.9 Å². The van der Waals surface area contributed by atoms with E-state index in [2.05, 4.69) is 6.07 Å². The smallest absolute Gasteiger partial charge is 0.124 e. The van der Waals surface area contributed by atoms with E-state index in [1.54, 1.807) is 18.2 Å². The second-order valence-electron chi connectivity index (χ2n) is 4.33. The zero-order valence-corrected chi connectivity index (χ0v) is 11.4. The van der Waals surface area contributed by atoms with Crippen LogP contribution in [0.3, 0.4) is 0 Å². The summed E-state index contributed by atoms with van der Waals surface area (Å²) >= 11 is 6.03. The molecule has 2 aromatic carbocycles. The molecule has 0 aliphatic carbocycles. The van der Waals surface area contributed by atoms with Crippen molar-refractivity contribution in [1.82, 2.24) is 0 Å². The minimum absolute atomic E-state index is 0.0461. The molecular weight excluding hydrogens is 260 g/mol. The van der Waals surface area contributed by atoms with Crippen LogP contribution in [-0.4, -0.2) is 5.84 Å². The second kappa shape index (κ2) is 5.76. The number of halogens is 1. The van der Waals surface area contributed by atoms with Crippen molar-refractivity contribution in [2.24, 2.45) is 5.73 Å². The molecule has 0 radical (unpaired) electrons. The summed E-state index contributed by atoms with van der Waals surface area (Å²) < 4.78 is 5.67. The Bertz CT molecular complexity index is 611. The fourth-order valence-corrected chi connectivity index (χ4v) is 2.04. The summed E-state index contributed by atoms with van der Waals surface area (Å²) in [6.45, 7) is 2.53. The normalized spacial score (nSPS) is 10.2. The van der Waals surface area contributed by atoms with E-state index in [1.807, 2.05) is 25.1 Å². The molecule has 0 amide bonds. The minimum Gasteiger partial charge on any atom is -0.489 e. The molecule has 0 aliphatic heterocycles. The number of benzene rings is 2. The Morgan fingerprint density at radius 3 is 2.68 bits per heavy atom. The van der Waals surface area contributed by atoms with Crippen molar-refractivity contribution >= 4 is 17.4 Å². The fraction of sp³-hybridized carbons (Fsp3) is 0.133. The lowest BCUT2D eigenvalue weighted by Gasteiger charge is -2.09. The van der Waals surface area contributed by atoms with Crippen LogP contribution >= 0.6 is 11.6 Å². The Balaban J connectivity index is 2.08. The zero-order chi connectivity index (χ0) is 13.8. The number of hydrogen-bond acceptors (Lipinski definition) is 2. The maximum atomic E-state index is 7.36. The lowest BCUT2D eigenvalue weighted by molar-refractivity contribution is 0.306. The summed E-state index contributed by atoms with van der Waals surface area (Å²) in [4.78, 5) is 0. The van der Waals surface area contributed by atoms with Crippen LogP contribution in [0.5, 0.6) is 5.75 Å². The van der Waals surface area contributed by atoms with Crippen molar-refractivity contribution in [3.8, 4) is 5.75 Å². The molecular formula is C15H15ClN2O. The molecule has 4 heteroatoms. The van der Waals surface area contributed by atoms with Gasteiger partial charge in [-0.05, 0) is 30.7 Å². The van der Waals surface area contributed by atoms with Crippen LogP contribution in [0.25, 0.3) is 0 Å². The predicted molar refractivity (Wildman–Crippen MR) is 78.0 cm³/mol. The maximum absolute atomic E-state index is 7.36. The molecule has 19 heavy (non-hydrogen) atoms. The molecule has 0 heterocycles. The lowest BCUT2D eigenvalue weighted by atomic mass is 10.1. The van der Waals surface area contributed by atoms with Crippen LogP contribution in [-0.2, 0) is 6.61 Å². The number of hydrogen-bond donors (Lipinski definition) is 2. The van der Waals surface area contributed by atoms with Crippen molar-refractivity contribution in [3.05, 3.63) is 64.2 Å². The molecule has 3 nitrogen and oxygen atoms in total. The highest BCUT2D eigenvalue weighted by atomic mass is 35.5. The molecule has 0 unspecified atom stereocenters. The van der Waals surface area contributed by atoms with Gasteiger partial charge in [0.2, 0.25) is 0 Å². The molecule has 98 valence electrons. The van der Waals surface area contributed by atoms with E-state index in [0.717, 1.165) is 5.56 Å². The van der Waals surface area contributed by atoms with E-state index >= 15 is 0 Å². The van der Waals surface area contributed by atoms with E-state index in [4.69, 9.17) is 27.5 Å². The fourth-order valence-electron chi connectivity index (χ4n) is 1.77. The number of nitrogens with one attached hydrogen (secondary N) is 1. The Morgan fingerprint density at radius 2 is 2.05 bits per heavy atom. The first-order chi connectivity index (χ1) is 9.06. The molecule has 3 N–H and O–H groups in total. The topological polar surface area (TPSA) is 59.1 Å². The van der Waals surface area contributed by atoms with Crippen molar-refractivity contribution in [2.45, 2.75) is 13.5 Å². The van der Waals surface area contributed by atoms with Gasteiger partial charge >= 0.3 is 0 Å². The van der Waals surface area contributed by atoms with Gasteiger partial charge in [0.05, 0.1) is 5.02 Å². The van der Waals surface area contributed by atoms with Gasteiger partial charge in [0.15, 0.2) is 0 Å². The van der Waals surface area contributed by atoms with E-state index in [1.165, 1.54) is 5.56 Å². The highest BCUT2D eigenvalue weighted by molar-refractivity contribution is 6.34. The molecule has 0 spiro atoms. The first kappa shape index (κ1) is 13.4. The number of ether oxygens (including phenoxy) is 1. The minimum atomic E-state index is -0.0461. The SMILES string of the molecule is Cc1cccc(COc2ccc(C(=N)N)c(Cl)c2)c1. The van der Waals surface area contributed by atoms with Crippen molar-refractivity contribution in [2.75, 3.05) is 0 Å². The summed E-state index contributed by atoms with van der Waals surface area (Å²) in [5.74, 6) is 0.617. The summed E-state index contributed by atoms with van der Waals surface area (Å²) in [6.07, 6.45) is 0. The quantitative estimate of drug-likeness (QED) is 0.662. The first-order valence-electron chi connectivity index (χ1n) is 5.88. The van der Waals surface area contributed by atoms with Crippen molar-refractivity contribution < 1.29 is 4.74 Å². The molecule has 0 aromatic heterocycles. The first-order valence-corrected chi connectivity index (χ1v) is 6.26. The van der Waals surface area contributed by atoms with Gasteiger partial charge in [-0.2, -0.15) is 0 Å². The summed E-state index contributed by atoms with van der Waals surface area (Å²) in [5, 5.41) is 7.78. The average Bonchev–Trinajstić information content (AvgIpc) is 2.36. The Labute approximate surface area is 117 Å². The third-order valence-corrected chi connectivity index (χ3v) is 3.03. The van der Waals surface area contributed by atoms with Crippen LogP contribution in [0, 0.1) is 12.3 Å². The number of amidine groups is 1. The number of nitrogen functional groups attached to an aromatic ring is 1. The van der Waals surface area contributed by atoms with Gasteiger partial charge in [0.25, 0.3) is 0 Å². The van der Waals surface area contributed by atoms with Crippen molar-refractivity contribution in [1.29, 1.82) is 5.41 Å². The Kier molecular flexibility index (Phi) is 4.07. The Morgan fingerprint density at radius 1 is 1.26 bits per heavy atom. The molecule has 0 saturated heterocycles. The summed E-state index contributed by atoms with van der Waals surface area (Å²) in [5.41, 5.74) is 8.23. The summed E-state index contributed by atoms with van der Waals surface area (Å²) in [6, 6.07) is 13.3. The highest BCUT2D eigenvalue weighted by Gasteiger charge is 2.05. The second-order valence-corrected chi connectivity index (χ2v) is 4.74. The summed E-state index contributed by atoms with van der Waals surface area (Å²) in [7, 11) is 0. The van der Waals surface area contributed by atoms with Gasteiger partial charge < -0.3 is 10.5 Å². The number of nitrogens with two attached hydrogens (primary N) is 1. The van der Waals surface area contributed by atoms with Gasteiger partial charge in [-0.3, -0.25) is 5.41 Å². The number of rotatable bonds is 4. The van der Waals surface area contributed by atoms with Crippen LogP contribution in [0.15, 0.2) is 42.5 Å². The van der Waals surface area contributed by atoms with Crippen LogP contribution < -0.4 is 10.5 Å². The molecule has 0 atom stereocenters. The molecule has 2 rings (SSSR count). The monoisotopic (exact) mass is 274 g/mol. The molecule has 0 aliphatic rings. The van der Waals surface area contributed by atoms with Crippen molar-refractivity contribution in [3.63, 3.8) is 0 Å². The number of aryl methyl sites for hydroxylation is 1. The predicted octanol–water partition coefficient (Wildman–Crippen LogP) is 3.51. The lowest BCUT2D eigenvalue weighted by Crippen LogP contribution is -2.11. The Hall–Kier alpha value is -2.00. The highest BCUT2D eigenvalue weighted by Crippen LogP contribution is 2.23. The van der Waals surface area contributed by atoms with E-state index in [-0.39, 0.29) is 5.84 Å². The van der Waals surface area contributed by atoms with Crippen LogP contribution in [0.2, 0.25) is 5.02 Å². The molecule has 0 bridgehead atoms. The standard InChI is InChI=1S/C15H15ClN2O/c1-10-3-2-4-11(7-10)9-19-12-5-6-13(15(17)18)14(16)8-12/h2-8H,9H2,1H3,(H3,17,18). The van der Waals surface area contributed by atoms with Crippen LogP contribution in [0.4, 0.5) is 0 Å². The van der Waals surface area contributed by atoms with Gasteiger partial charge in [-0.15, -0.1) is 0 Å². The van der Waals surface area contributed by atoms with Crippen LogP contribution in [0.1, 0.15) is 16.7 Å². The maximum Gasteiger partial charge on any atom is 0.124 e. The third-order valence-electron chi connectivity index (χ3n) is 2.72. The molecule has 2 aromatic rings. The molecule has 0 fully saturated rings. The van der Waals surface area contributed by atoms with Gasteiger partial charge in [-0.25, -0.2) is 0 Å². The van der Waals surface area contributed by atoms with Gasteiger partial charge in [0.1, 0.15) is 18.2 Å². The average molecular weight is 275 g/mol. The third kappa shape index (κ3) is 3.48.